The topological polar surface area (TPSA) is 24.5 Å². The third-order valence-electron chi connectivity index (χ3n) is 4.19. The molecule has 20 heavy (non-hydrogen) atoms. The van der Waals surface area contributed by atoms with Crippen LogP contribution >= 0.6 is 0 Å². The van der Waals surface area contributed by atoms with Gasteiger partial charge in [0.1, 0.15) is 0 Å². The zero-order valence-corrected chi connectivity index (χ0v) is 13.1. The zero-order valence-electron chi connectivity index (χ0n) is 13.1. The Morgan fingerprint density at radius 3 is 2.95 bits per heavy atom. The van der Waals surface area contributed by atoms with Gasteiger partial charge in [-0.1, -0.05) is 25.1 Å². The van der Waals surface area contributed by atoms with Crippen LogP contribution in [0, 0.1) is 0 Å². The molecule has 1 aromatic rings. The number of rotatable bonds is 7. The van der Waals surface area contributed by atoms with Crippen LogP contribution in [0.2, 0.25) is 0 Å². The van der Waals surface area contributed by atoms with Crippen molar-refractivity contribution in [2.45, 2.75) is 45.2 Å². The van der Waals surface area contributed by atoms with E-state index in [2.05, 4.69) is 48.3 Å². The van der Waals surface area contributed by atoms with Gasteiger partial charge >= 0.3 is 0 Å². The SMILES string of the molecule is CCCNC1CCN(C(C)CCOC)c2ccccc21. The molecular formula is C17H28N2O. The summed E-state index contributed by atoms with van der Waals surface area (Å²) in [7, 11) is 1.78. The zero-order chi connectivity index (χ0) is 14.4. The van der Waals surface area contributed by atoms with Gasteiger partial charge in [-0.15, -0.1) is 0 Å². The first kappa shape index (κ1) is 15.3. The molecular weight excluding hydrogens is 248 g/mol. The van der Waals surface area contributed by atoms with Crippen LogP contribution in [0.25, 0.3) is 0 Å². The molecule has 0 radical (unpaired) electrons. The Bertz CT molecular complexity index is 408. The van der Waals surface area contributed by atoms with Crippen molar-refractivity contribution in [2.75, 3.05) is 31.7 Å². The lowest BCUT2D eigenvalue weighted by Gasteiger charge is -2.40. The molecule has 1 aromatic carbocycles. The van der Waals surface area contributed by atoms with Gasteiger partial charge in [0.25, 0.3) is 0 Å². The van der Waals surface area contributed by atoms with E-state index in [4.69, 9.17) is 4.74 Å². The van der Waals surface area contributed by atoms with Crippen molar-refractivity contribution in [1.29, 1.82) is 0 Å². The highest BCUT2D eigenvalue weighted by molar-refractivity contribution is 5.57. The minimum Gasteiger partial charge on any atom is -0.385 e. The van der Waals surface area contributed by atoms with Crippen molar-refractivity contribution in [1.82, 2.24) is 5.32 Å². The Morgan fingerprint density at radius 1 is 1.40 bits per heavy atom. The maximum Gasteiger partial charge on any atom is 0.0481 e. The van der Waals surface area contributed by atoms with Crippen molar-refractivity contribution in [3.05, 3.63) is 29.8 Å². The molecule has 3 heteroatoms. The van der Waals surface area contributed by atoms with Crippen LogP contribution in [-0.2, 0) is 4.74 Å². The van der Waals surface area contributed by atoms with E-state index < -0.39 is 0 Å². The van der Waals surface area contributed by atoms with Crippen LogP contribution in [0.4, 0.5) is 5.69 Å². The molecule has 1 heterocycles. The van der Waals surface area contributed by atoms with E-state index in [1.165, 1.54) is 24.1 Å². The first-order valence-electron chi connectivity index (χ1n) is 7.85. The Labute approximate surface area is 123 Å². The van der Waals surface area contributed by atoms with E-state index >= 15 is 0 Å². The Morgan fingerprint density at radius 2 is 2.20 bits per heavy atom. The molecule has 0 saturated heterocycles. The predicted molar refractivity (Wildman–Crippen MR) is 85.4 cm³/mol. The molecule has 0 bridgehead atoms. The number of benzene rings is 1. The second-order valence-corrected chi connectivity index (χ2v) is 5.68. The van der Waals surface area contributed by atoms with Gasteiger partial charge in [-0.2, -0.15) is 0 Å². The van der Waals surface area contributed by atoms with Crippen molar-refractivity contribution in [3.63, 3.8) is 0 Å². The summed E-state index contributed by atoms with van der Waals surface area (Å²) in [6, 6.07) is 9.89. The molecule has 0 fully saturated rings. The molecule has 1 aliphatic heterocycles. The summed E-state index contributed by atoms with van der Waals surface area (Å²) in [4.78, 5) is 2.54. The van der Waals surface area contributed by atoms with Crippen molar-refractivity contribution < 1.29 is 4.74 Å². The third kappa shape index (κ3) is 3.53. The van der Waals surface area contributed by atoms with Crippen LogP contribution in [0.15, 0.2) is 24.3 Å². The monoisotopic (exact) mass is 276 g/mol. The lowest BCUT2D eigenvalue weighted by Crippen LogP contribution is -2.41. The van der Waals surface area contributed by atoms with E-state index in [0.29, 0.717) is 12.1 Å². The number of nitrogens with zero attached hydrogens (tertiary/aromatic N) is 1. The molecule has 1 aliphatic rings. The van der Waals surface area contributed by atoms with Crippen molar-refractivity contribution >= 4 is 5.69 Å². The fraction of sp³-hybridized carbons (Fsp3) is 0.647. The van der Waals surface area contributed by atoms with Gasteiger partial charge < -0.3 is 15.0 Å². The Hall–Kier alpha value is -1.06. The second kappa shape index (κ2) is 7.65. The summed E-state index contributed by atoms with van der Waals surface area (Å²) >= 11 is 0. The van der Waals surface area contributed by atoms with E-state index in [1.807, 2.05) is 0 Å². The number of anilines is 1. The molecule has 0 aliphatic carbocycles. The molecule has 0 amide bonds. The number of hydrogen-bond acceptors (Lipinski definition) is 3. The van der Waals surface area contributed by atoms with E-state index in [-0.39, 0.29) is 0 Å². The summed E-state index contributed by atoms with van der Waals surface area (Å²) in [6.07, 6.45) is 3.46. The average Bonchev–Trinajstić information content (AvgIpc) is 2.50. The van der Waals surface area contributed by atoms with Gasteiger partial charge in [0.15, 0.2) is 0 Å². The van der Waals surface area contributed by atoms with Gasteiger partial charge in [0.2, 0.25) is 0 Å². The minimum absolute atomic E-state index is 0.511. The second-order valence-electron chi connectivity index (χ2n) is 5.68. The highest BCUT2D eigenvalue weighted by Crippen LogP contribution is 2.35. The summed E-state index contributed by atoms with van der Waals surface area (Å²) in [5.74, 6) is 0. The number of hydrogen-bond donors (Lipinski definition) is 1. The normalized spacial score (nSPS) is 19.8. The summed E-state index contributed by atoms with van der Waals surface area (Å²) < 4.78 is 5.23. The van der Waals surface area contributed by atoms with E-state index in [0.717, 1.165) is 26.1 Å². The maximum absolute atomic E-state index is 5.23. The molecule has 0 saturated carbocycles. The van der Waals surface area contributed by atoms with Crippen LogP contribution in [-0.4, -0.2) is 32.8 Å². The van der Waals surface area contributed by atoms with Gasteiger partial charge in [0.05, 0.1) is 0 Å². The number of nitrogens with one attached hydrogen (secondary N) is 1. The molecule has 2 unspecified atom stereocenters. The summed E-state index contributed by atoms with van der Waals surface area (Å²) in [5.41, 5.74) is 2.85. The molecule has 2 atom stereocenters. The fourth-order valence-electron chi connectivity index (χ4n) is 3.02. The molecule has 0 aromatic heterocycles. The summed E-state index contributed by atoms with van der Waals surface area (Å²) in [5, 5.41) is 3.68. The highest BCUT2D eigenvalue weighted by Gasteiger charge is 2.26. The van der Waals surface area contributed by atoms with Crippen LogP contribution in [0.1, 0.15) is 44.7 Å². The fourth-order valence-corrected chi connectivity index (χ4v) is 3.02. The maximum atomic E-state index is 5.23. The average molecular weight is 276 g/mol. The summed E-state index contributed by atoms with van der Waals surface area (Å²) in [6.45, 7) is 7.58. The lowest BCUT2D eigenvalue weighted by atomic mass is 9.94. The van der Waals surface area contributed by atoms with Crippen LogP contribution in [0.5, 0.6) is 0 Å². The number of methoxy groups -OCH3 is 1. The Balaban J connectivity index is 2.13. The molecule has 0 spiro atoms. The number of para-hydroxylation sites is 1. The lowest BCUT2D eigenvalue weighted by molar-refractivity contribution is 0.188. The highest BCUT2D eigenvalue weighted by atomic mass is 16.5. The first-order valence-corrected chi connectivity index (χ1v) is 7.85. The predicted octanol–water partition coefficient (Wildman–Crippen LogP) is 3.36. The first-order chi connectivity index (χ1) is 9.77. The van der Waals surface area contributed by atoms with Gasteiger partial charge in [-0.05, 0) is 44.4 Å². The van der Waals surface area contributed by atoms with Crippen molar-refractivity contribution in [3.8, 4) is 0 Å². The van der Waals surface area contributed by atoms with E-state index in [9.17, 15) is 0 Å². The quantitative estimate of drug-likeness (QED) is 0.826. The van der Waals surface area contributed by atoms with Gasteiger partial charge in [-0.25, -0.2) is 0 Å². The van der Waals surface area contributed by atoms with Crippen LogP contribution < -0.4 is 10.2 Å². The standard InChI is InChI=1S/C17H28N2O/c1-4-11-18-16-9-12-19(14(2)10-13-20-3)17-8-6-5-7-15(16)17/h5-8,14,16,18H,4,9-13H2,1-3H3. The minimum atomic E-state index is 0.511. The third-order valence-corrected chi connectivity index (χ3v) is 4.19. The molecule has 1 N–H and O–H groups in total. The van der Waals surface area contributed by atoms with Gasteiger partial charge in [0, 0.05) is 38.0 Å². The molecule has 2 rings (SSSR count). The largest absolute Gasteiger partial charge is 0.385 e. The van der Waals surface area contributed by atoms with Crippen molar-refractivity contribution in [2.24, 2.45) is 0 Å². The van der Waals surface area contributed by atoms with E-state index in [1.54, 1.807) is 7.11 Å². The van der Waals surface area contributed by atoms with Crippen LogP contribution in [0.3, 0.4) is 0 Å². The number of fused-ring (bicyclic) bond motifs is 1. The Kier molecular flexibility index (Phi) is 5.86. The molecule has 112 valence electrons. The number of ether oxygens (including phenoxy) is 1. The molecule has 3 nitrogen and oxygen atoms in total. The smallest absolute Gasteiger partial charge is 0.0481 e. The van der Waals surface area contributed by atoms with Gasteiger partial charge in [-0.3, -0.25) is 0 Å².